The molecule has 2 atom stereocenters. The number of hydrogen-bond donors (Lipinski definition) is 3. The number of amides is 2. The van der Waals surface area contributed by atoms with Gasteiger partial charge in [-0.2, -0.15) is 0 Å². The van der Waals surface area contributed by atoms with Crippen molar-refractivity contribution in [1.29, 1.82) is 0 Å². The maximum Gasteiger partial charge on any atom is 0.326 e. The van der Waals surface area contributed by atoms with E-state index in [-0.39, 0.29) is 12.0 Å². The molecule has 0 bridgehead atoms. The van der Waals surface area contributed by atoms with Crippen LogP contribution in [-0.2, 0) is 4.79 Å². The van der Waals surface area contributed by atoms with Crippen molar-refractivity contribution >= 4 is 12.0 Å². The van der Waals surface area contributed by atoms with Gasteiger partial charge in [0.05, 0.1) is 6.04 Å². The predicted molar refractivity (Wildman–Crippen MR) is 72.8 cm³/mol. The van der Waals surface area contributed by atoms with Crippen molar-refractivity contribution in [2.45, 2.75) is 32.9 Å². The van der Waals surface area contributed by atoms with Crippen molar-refractivity contribution in [2.75, 3.05) is 0 Å². The van der Waals surface area contributed by atoms with Gasteiger partial charge < -0.3 is 15.7 Å². The van der Waals surface area contributed by atoms with E-state index in [2.05, 4.69) is 10.6 Å². The van der Waals surface area contributed by atoms with Crippen LogP contribution < -0.4 is 10.6 Å². The van der Waals surface area contributed by atoms with Gasteiger partial charge in [-0.1, -0.05) is 44.2 Å². The van der Waals surface area contributed by atoms with E-state index in [9.17, 15) is 9.59 Å². The lowest BCUT2D eigenvalue weighted by molar-refractivity contribution is -0.140. The van der Waals surface area contributed by atoms with Gasteiger partial charge in [-0.15, -0.1) is 0 Å². The molecule has 5 heteroatoms. The molecule has 2 unspecified atom stereocenters. The summed E-state index contributed by atoms with van der Waals surface area (Å²) in [4.78, 5) is 22.8. The second-order valence-corrected chi connectivity index (χ2v) is 4.81. The third-order valence-electron chi connectivity index (χ3n) is 2.87. The number of rotatable bonds is 5. The summed E-state index contributed by atoms with van der Waals surface area (Å²) in [6, 6.07) is 7.95. The van der Waals surface area contributed by atoms with Gasteiger partial charge >= 0.3 is 12.0 Å². The molecule has 0 aliphatic carbocycles. The van der Waals surface area contributed by atoms with Gasteiger partial charge in [0, 0.05) is 0 Å². The van der Waals surface area contributed by atoms with E-state index in [1.54, 1.807) is 13.8 Å². The molecule has 0 heterocycles. The zero-order valence-electron chi connectivity index (χ0n) is 11.4. The lowest BCUT2D eigenvalue weighted by atomic mass is 10.1. The Hall–Kier alpha value is -2.04. The first-order valence-electron chi connectivity index (χ1n) is 6.26. The average Bonchev–Trinajstić information content (AvgIpc) is 2.36. The minimum Gasteiger partial charge on any atom is -0.480 e. The third-order valence-corrected chi connectivity index (χ3v) is 2.87. The number of carbonyl (C=O) groups is 2. The molecule has 1 aromatic rings. The topological polar surface area (TPSA) is 78.4 Å². The zero-order chi connectivity index (χ0) is 14.4. The van der Waals surface area contributed by atoms with Crippen molar-refractivity contribution in [3.63, 3.8) is 0 Å². The molecule has 0 fully saturated rings. The molecular weight excluding hydrogens is 244 g/mol. The number of carbonyl (C=O) groups excluding carboxylic acids is 1. The summed E-state index contributed by atoms with van der Waals surface area (Å²) in [6.07, 6.45) is 0. The van der Waals surface area contributed by atoms with Crippen LogP contribution in [0, 0.1) is 5.92 Å². The van der Waals surface area contributed by atoms with E-state index in [1.165, 1.54) is 0 Å². The Morgan fingerprint density at radius 2 is 1.63 bits per heavy atom. The smallest absolute Gasteiger partial charge is 0.326 e. The molecule has 1 rings (SSSR count). The highest BCUT2D eigenvalue weighted by Crippen LogP contribution is 2.11. The normalized spacial score (nSPS) is 13.7. The maximum atomic E-state index is 11.8. The van der Waals surface area contributed by atoms with Crippen LogP contribution in [0.3, 0.4) is 0 Å². The summed E-state index contributed by atoms with van der Waals surface area (Å²) in [5.74, 6) is -1.20. The molecule has 0 saturated heterocycles. The standard InChI is InChI=1S/C14H20N2O3/c1-9(2)12(13(17)18)16-14(19)15-10(3)11-7-5-4-6-8-11/h4-10,12H,1-3H3,(H,17,18)(H2,15,16,19). The van der Waals surface area contributed by atoms with E-state index in [1.807, 2.05) is 37.3 Å². The first-order valence-corrected chi connectivity index (χ1v) is 6.26. The van der Waals surface area contributed by atoms with Gasteiger partial charge in [-0.25, -0.2) is 9.59 Å². The Kier molecular flexibility index (Phi) is 5.36. The van der Waals surface area contributed by atoms with Crippen LogP contribution in [0.15, 0.2) is 30.3 Å². The molecule has 0 spiro atoms. The number of aliphatic carboxylic acids is 1. The van der Waals surface area contributed by atoms with Crippen LogP contribution >= 0.6 is 0 Å². The number of benzene rings is 1. The van der Waals surface area contributed by atoms with Gasteiger partial charge in [0.15, 0.2) is 0 Å². The monoisotopic (exact) mass is 264 g/mol. The van der Waals surface area contributed by atoms with Gasteiger partial charge in [0.1, 0.15) is 6.04 Å². The summed E-state index contributed by atoms with van der Waals surface area (Å²) < 4.78 is 0. The molecule has 0 aliphatic rings. The van der Waals surface area contributed by atoms with Gasteiger partial charge in [-0.05, 0) is 18.4 Å². The zero-order valence-corrected chi connectivity index (χ0v) is 11.4. The number of urea groups is 1. The summed E-state index contributed by atoms with van der Waals surface area (Å²) in [6.45, 7) is 5.35. The maximum absolute atomic E-state index is 11.8. The molecule has 104 valence electrons. The summed E-state index contributed by atoms with van der Waals surface area (Å²) in [5.41, 5.74) is 0.967. The van der Waals surface area contributed by atoms with Crippen molar-refractivity contribution in [2.24, 2.45) is 5.92 Å². The van der Waals surface area contributed by atoms with Crippen LogP contribution in [0.2, 0.25) is 0 Å². The Balaban J connectivity index is 2.58. The van der Waals surface area contributed by atoms with E-state index in [0.717, 1.165) is 5.56 Å². The number of carboxylic acid groups (broad SMARTS) is 1. The van der Waals surface area contributed by atoms with Crippen molar-refractivity contribution in [3.8, 4) is 0 Å². The molecule has 19 heavy (non-hydrogen) atoms. The lowest BCUT2D eigenvalue weighted by Crippen LogP contribution is -2.49. The lowest BCUT2D eigenvalue weighted by Gasteiger charge is -2.20. The van der Waals surface area contributed by atoms with Crippen molar-refractivity contribution in [3.05, 3.63) is 35.9 Å². The fraction of sp³-hybridized carbons (Fsp3) is 0.429. The molecule has 2 amide bonds. The van der Waals surface area contributed by atoms with Crippen LogP contribution in [0.5, 0.6) is 0 Å². The molecule has 0 aromatic heterocycles. The van der Waals surface area contributed by atoms with Crippen LogP contribution in [-0.4, -0.2) is 23.1 Å². The molecule has 1 aromatic carbocycles. The Morgan fingerprint density at radius 1 is 1.05 bits per heavy atom. The SMILES string of the molecule is CC(NC(=O)NC(C(=O)O)C(C)C)c1ccccc1. The van der Waals surface area contributed by atoms with Crippen LogP contribution in [0.25, 0.3) is 0 Å². The Morgan fingerprint density at radius 3 is 2.11 bits per heavy atom. The molecule has 0 saturated carbocycles. The number of hydrogen-bond acceptors (Lipinski definition) is 2. The predicted octanol–water partition coefficient (Wildman–Crippen LogP) is 2.16. The van der Waals surface area contributed by atoms with Crippen LogP contribution in [0.1, 0.15) is 32.4 Å². The van der Waals surface area contributed by atoms with E-state index >= 15 is 0 Å². The highest BCUT2D eigenvalue weighted by Gasteiger charge is 2.23. The van der Waals surface area contributed by atoms with Crippen LogP contribution in [0.4, 0.5) is 4.79 Å². The summed E-state index contributed by atoms with van der Waals surface area (Å²) in [5, 5.41) is 14.2. The van der Waals surface area contributed by atoms with E-state index < -0.39 is 18.0 Å². The molecule has 3 N–H and O–H groups in total. The second-order valence-electron chi connectivity index (χ2n) is 4.81. The number of carboxylic acids is 1. The highest BCUT2D eigenvalue weighted by atomic mass is 16.4. The van der Waals surface area contributed by atoms with Crippen molar-refractivity contribution < 1.29 is 14.7 Å². The Labute approximate surface area is 113 Å². The quantitative estimate of drug-likeness (QED) is 0.762. The molecule has 5 nitrogen and oxygen atoms in total. The number of nitrogens with one attached hydrogen (secondary N) is 2. The minimum atomic E-state index is -1.03. The van der Waals surface area contributed by atoms with E-state index in [4.69, 9.17) is 5.11 Å². The average molecular weight is 264 g/mol. The van der Waals surface area contributed by atoms with Crippen molar-refractivity contribution in [1.82, 2.24) is 10.6 Å². The minimum absolute atomic E-state index is 0.171. The molecule has 0 aliphatic heterocycles. The van der Waals surface area contributed by atoms with Gasteiger partial charge in [-0.3, -0.25) is 0 Å². The Bertz CT molecular complexity index is 432. The van der Waals surface area contributed by atoms with Gasteiger partial charge in [0.2, 0.25) is 0 Å². The van der Waals surface area contributed by atoms with E-state index in [0.29, 0.717) is 0 Å². The highest BCUT2D eigenvalue weighted by molar-refractivity contribution is 5.82. The molecule has 0 radical (unpaired) electrons. The fourth-order valence-electron chi connectivity index (χ4n) is 1.72. The first kappa shape index (κ1) is 15.0. The first-order chi connectivity index (χ1) is 8.91. The molecular formula is C14H20N2O3. The summed E-state index contributed by atoms with van der Waals surface area (Å²) >= 11 is 0. The largest absolute Gasteiger partial charge is 0.480 e. The third kappa shape index (κ3) is 4.62. The fourth-order valence-corrected chi connectivity index (χ4v) is 1.72. The summed E-state index contributed by atoms with van der Waals surface area (Å²) in [7, 11) is 0. The van der Waals surface area contributed by atoms with Gasteiger partial charge in [0.25, 0.3) is 0 Å². The second kappa shape index (κ2) is 6.78.